The zero-order valence-corrected chi connectivity index (χ0v) is 11.8. The first-order valence-corrected chi connectivity index (χ1v) is 7.33. The van der Waals surface area contributed by atoms with Crippen LogP contribution < -0.4 is 0 Å². The minimum Gasteiger partial charge on any atom is -0.211 e. The van der Waals surface area contributed by atoms with E-state index in [1.165, 1.54) is 13.8 Å². The maximum Gasteiger partial charge on any atom is 0.252 e. The van der Waals surface area contributed by atoms with Gasteiger partial charge in [0.15, 0.2) is 0 Å². The molecule has 0 rings (SSSR count). The lowest BCUT2D eigenvalue weighted by Crippen LogP contribution is -2.35. The zero-order chi connectivity index (χ0) is 12.3. The Labute approximate surface area is 109 Å². The summed E-state index contributed by atoms with van der Waals surface area (Å²) < 4.78 is 22.1. The molecule has 0 amide bonds. The summed E-state index contributed by atoms with van der Waals surface area (Å²) in [7, 11) is -3.58. The lowest BCUT2D eigenvalue weighted by atomic mass is 10.4. The summed E-state index contributed by atoms with van der Waals surface area (Å²) in [6, 6.07) is 0.885. The highest BCUT2D eigenvalue weighted by Crippen LogP contribution is 2.43. The molecule has 1 unspecified atom stereocenters. The van der Waals surface area contributed by atoms with Crippen LogP contribution in [0.2, 0.25) is 0 Å². The molecule has 0 saturated heterocycles. The second-order valence-electron chi connectivity index (χ2n) is 2.50. The molecule has 4 nitrogen and oxygen atoms in total. The third-order valence-corrected chi connectivity index (χ3v) is 5.16. The summed E-state index contributed by atoms with van der Waals surface area (Å²) >= 11 is 16.9. The van der Waals surface area contributed by atoms with Crippen LogP contribution in [0, 0.1) is 11.3 Å². The molecule has 0 aromatic rings. The fourth-order valence-electron chi connectivity index (χ4n) is 0.653. The van der Waals surface area contributed by atoms with Gasteiger partial charge in [-0.1, -0.05) is 34.8 Å². The SMILES string of the molecule is CCS(=O)(=O)N(SC(Cl)(Cl)Cl)C(C)C#N. The summed E-state index contributed by atoms with van der Waals surface area (Å²) in [4.78, 5) is 0. The van der Waals surface area contributed by atoms with E-state index >= 15 is 0 Å². The van der Waals surface area contributed by atoms with E-state index in [0.717, 1.165) is 3.71 Å². The van der Waals surface area contributed by atoms with Crippen LogP contribution >= 0.6 is 46.8 Å². The third-order valence-electron chi connectivity index (χ3n) is 1.34. The molecular formula is C6H9Cl3N2O2S2. The highest BCUT2D eigenvalue weighted by molar-refractivity contribution is 8.11. The molecule has 0 aliphatic rings. The lowest BCUT2D eigenvalue weighted by Gasteiger charge is -2.25. The van der Waals surface area contributed by atoms with Crippen LogP contribution in [0.3, 0.4) is 0 Å². The van der Waals surface area contributed by atoms with Crippen LogP contribution in [0.15, 0.2) is 0 Å². The van der Waals surface area contributed by atoms with E-state index in [-0.39, 0.29) is 5.75 Å². The smallest absolute Gasteiger partial charge is 0.211 e. The average Bonchev–Trinajstić information content (AvgIpc) is 2.11. The summed E-state index contributed by atoms with van der Waals surface area (Å²) in [6.45, 7) is 2.86. The van der Waals surface area contributed by atoms with E-state index in [2.05, 4.69) is 0 Å². The van der Waals surface area contributed by atoms with Crippen LogP contribution in [0.1, 0.15) is 13.8 Å². The molecule has 0 bridgehead atoms. The molecule has 0 aliphatic carbocycles. The Balaban J connectivity index is 5.02. The summed E-state index contributed by atoms with van der Waals surface area (Å²) in [6.07, 6.45) is 0. The van der Waals surface area contributed by atoms with E-state index in [9.17, 15) is 8.42 Å². The van der Waals surface area contributed by atoms with E-state index in [0.29, 0.717) is 11.9 Å². The number of nitrogens with zero attached hydrogens (tertiary/aromatic N) is 2. The van der Waals surface area contributed by atoms with Gasteiger partial charge in [0.1, 0.15) is 6.04 Å². The Hall–Kier alpha value is 0.620. The Morgan fingerprint density at radius 3 is 2.27 bits per heavy atom. The largest absolute Gasteiger partial charge is 0.252 e. The van der Waals surface area contributed by atoms with Crippen molar-refractivity contribution >= 4 is 56.8 Å². The molecule has 15 heavy (non-hydrogen) atoms. The fourth-order valence-corrected chi connectivity index (χ4v) is 3.99. The molecule has 0 fully saturated rings. The maximum absolute atomic E-state index is 11.6. The number of sulfonamides is 1. The number of hydrogen-bond acceptors (Lipinski definition) is 4. The van der Waals surface area contributed by atoms with Gasteiger partial charge in [-0.25, -0.2) is 8.42 Å². The molecule has 0 radical (unpaired) electrons. The summed E-state index contributed by atoms with van der Waals surface area (Å²) in [5.41, 5.74) is 0. The second-order valence-corrected chi connectivity index (χ2v) is 9.01. The van der Waals surface area contributed by atoms with Crippen molar-refractivity contribution in [2.45, 2.75) is 23.0 Å². The molecule has 0 spiro atoms. The van der Waals surface area contributed by atoms with Gasteiger partial charge in [0.25, 0.3) is 3.12 Å². The highest BCUT2D eigenvalue weighted by atomic mass is 35.6. The first kappa shape index (κ1) is 15.6. The topological polar surface area (TPSA) is 61.2 Å². The number of alkyl halides is 3. The van der Waals surface area contributed by atoms with Crippen molar-refractivity contribution in [2.24, 2.45) is 0 Å². The van der Waals surface area contributed by atoms with E-state index in [4.69, 9.17) is 40.1 Å². The predicted octanol–water partition coefficient (Wildman–Crippen LogP) is 2.53. The van der Waals surface area contributed by atoms with Crippen LogP contribution in [-0.4, -0.2) is 27.0 Å². The number of nitriles is 1. The van der Waals surface area contributed by atoms with Crippen molar-refractivity contribution in [3.8, 4) is 6.07 Å². The molecular weight excluding hydrogens is 303 g/mol. The molecule has 88 valence electrons. The molecule has 0 N–H and O–H groups in total. The van der Waals surface area contributed by atoms with Gasteiger partial charge in [-0.3, -0.25) is 0 Å². The first-order chi connectivity index (χ1) is 6.64. The Morgan fingerprint density at radius 1 is 1.53 bits per heavy atom. The Bertz CT molecular complexity index is 346. The molecule has 1 atom stereocenters. The molecule has 0 aromatic heterocycles. The van der Waals surface area contributed by atoms with Crippen molar-refractivity contribution < 1.29 is 8.42 Å². The minimum absolute atomic E-state index is 0.160. The van der Waals surface area contributed by atoms with Crippen molar-refractivity contribution in [2.75, 3.05) is 5.75 Å². The third kappa shape index (κ3) is 5.48. The quantitative estimate of drug-likeness (QED) is 0.591. The van der Waals surface area contributed by atoms with E-state index < -0.39 is 19.2 Å². The number of hydrogen-bond donors (Lipinski definition) is 0. The minimum atomic E-state index is -3.58. The maximum atomic E-state index is 11.6. The molecule has 0 aliphatic heterocycles. The second kappa shape index (κ2) is 5.80. The number of halogens is 3. The molecule has 9 heteroatoms. The molecule has 0 saturated carbocycles. The van der Waals surface area contributed by atoms with Crippen LogP contribution in [0.25, 0.3) is 0 Å². The molecule has 0 aromatic carbocycles. The highest BCUT2D eigenvalue weighted by Gasteiger charge is 2.35. The van der Waals surface area contributed by atoms with Gasteiger partial charge in [0.05, 0.1) is 11.8 Å². The van der Waals surface area contributed by atoms with Crippen molar-refractivity contribution in [3.05, 3.63) is 0 Å². The van der Waals surface area contributed by atoms with Crippen LogP contribution in [-0.2, 0) is 10.0 Å². The lowest BCUT2D eigenvalue weighted by molar-refractivity contribution is 0.526. The average molecular weight is 312 g/mol. The molecule has 0 heterocycles. The fraction of sp³-hybridized carbons (Fsp3) is 0.833. The predicted molar refractivity (Wildman–Crippen MR) is 64.3 cm³/mol. The standard InChI is InChI=1S/C6H9Cl3N2O2S2/c1-3-15(12,13)11(5(2)4-10)14-6(7,8)9/h5H,3H2,1-2H3. The monoisotopic (exact) mass is 310 g/mol. The van der Waals surface area contributed by atoms with Crippen molar-refractivity contribution in [1.29, 1.82) is 5.26 Å². The van der Waals surface area contributed by atoms with Gasteiger partial charge in [-0.05, 0) is 25.8 Å². The van der Waals surface area contributed by atoms with Gasteiger partial charge in [-0.15, -0.1) is 3.71 Å². The van der Waals surface area contributed by atoms with Gasteiger partial charge in [0, 0.05) is 0 Å². The van der Waals surface area contributed by atoms with Gasteiger partial charge in [-0.2, -0.15) is 5.26 Å². The summed E-state index contributed by atoms with van der Waals surface area (Å²) in [5.74, 6) is -0.160. The van der Waals surface area contributed by atoms with Crippen molar-refractivity contribution in [1.82, 2.24) is 3.71 Å². The van der Waals surface area contributed by atoms with Gasteiger partial charge in [0.2, 0.25) is 10.0 Å². The van der Waals surface area contributed by atoms with Gasteiger partial charge < -0.3 is 0 Å². The Kier molecular flexibility index (Phi) is 6.04. The van der Waals surface area contributed by atoms with Crippen molar-refractivity contribution in [3.63, 3.8) is 0 Å². The normalized spacial score (nSPS) is 15.0. The zero-order valence-electron chi connectivity index (χ0n) is 7.95. The number of rotatable bonds is 4. The van der Waals surface area contributed by atoms with E-state index in [1.54, 1.807) is 6.07 Å². The first-order valence-electron chi connectivity index (χ1n) is 3.81. The van der Waals surface area contributed by atoms with Gasteiger partial charge >= 0.3 is 0 Å². The van der Waals surface area contributed by atoms with E-state index in [1.807, 2.05) is 0 Å². The van der Waals surface area contributed by atoms with Crippen LogP contribution in [0.4, 0.5) is 0 Å². The van der Waals surface area contributed by atoms with Crippen LogP contribution in [0.5, 0.6) is 0 Å². The Morgan fingerprint density at radius 2 is 2.00 bits per heavy atom. The summed E-state index contributed by atoms with van der Waals surface area (Å²) in [5, 5.41) is 8.66.